The van der Waals surface area contributed by atoms with E-state index >= 15 is 0 Å². The number of carbonyl (C=O) groups is 1. The van der Waals surface area contributed by atoms with Crippen molar-refractivity contribution in [2.24, 2.45) is 5.41 Å². The molecule has 0 aliphatic carbocycles. The van der Waals surface area contributed by atoms with E-state index < -0.39 is 23.6 Å². The van der Waals surface area contributed by atoms with E-state index in [1.807, 2.05) is 13.8 Å². The van der Waals surface area contributed by atoms with Crippen LogP contribution in [0.4, 0.5) is 4.39 Å². The monoisotopic (exact) mass is 519 g/mol. The molecule has 1 aromatic carbocycles. The van der Waals surface area contributed by atoms with E-state index in [1.54, 1.807) is 19.2 Å². The van der Waals surface area contributed by atoms with Gasteiger partial charge >= 0.3 is 0 Å². The number of halogens is 2. The van der Waals surface area contributed by atoms with Gasteiger partial charge in [-0.2, -0.15) is 0 Å². The first kappa shape index (κ1) is 28.4. The molecule has 1 aliphatic heterocycles. The molecule has 36 heavy (non-hydrogen) atoms. The summed E-state index contributed by atoms with van der Waals surface area (Å²) in [7, 11) is 0. The number of rotatable bonds is 9. The highest BCUT2D eigenvalue weighted by Gasteiger charge is 2.35. The van der Waals surface area contributed by atoms with Crippen LogP contribution in [-0.4, -0.2) is 40.3 Å². The summed E-state index contributed by atoms with van der Waals surface area (Å²) in [6.45, 7) is 12.6. The van der Waals surface area contributed by atoms with Gasteiger partial charge in [-0.25, -0.2) is 4.39 Å². The van der Waals surface area contributed by atoms with Crippen LogP contribution in [0.2, 0.25) is 5.02 Å². The smallest absolute Gasteiger partial charge is 0.220 e. The predicted molar refractivity (Wildman–Crippen MR) is 141 cm³/mol. The standard InChI is InChI=1S/C28H39ClFN3O3/c1-7-26(35)33-22(10-17-8-18(29)11-19(30)9-17)24(34)15-32-23-14-28(5,6)36-25-16-31-20(12-21(23)25)13-27(2,3)4/h8-9,11-12,16,22-24,32,34H,7,10,13-15H2,1-6H3,(H,33,35)/t22-,23-,24-/m0/s1. The van der Waals surface area contributed by atoms with E-state index in [2.05, 4.69) is 42.5 Å². The number of carbonyl (C=O) groups excluding carboxylic acids is 1. The van der Waals surface area contributed by atoms with E-state index in [0.29, 0.717) is 12.0 Å². The number of benzene rings is 1. The van der Waals surface area contributed by atoms with Crippen molar-refractivity contribution < 1.29 is 19.0 Å². The Morgan fingerprint density at radius 3 is 2.67 bits per heavy atom. The van der Waals surface area contributed by atoms with Crippen molar-refractivity contribution in [3.8, 4) is 5.75 Å². The van der Waals surface area contributed by atoms with Crippen molar-refractivity contribution in [2.45, 2.75) is 91.0 Å². The van der Waals surface area contributed by atoms with Gasteiger partial charge in [-0.3, -0.25) is 9.78 Å². The molecule has 1 aliphatic rings. The topological polar surface area (TPSA) is 83.5 Å². The number of hydrogen-bond acceptors (Lipinski definition) is 5. The average Bonchev–Trinajstić information content (AvgIpc) is 2.74. The van der Waals surface area contributed by atoms with Crippen LogP contribution in [0.1, 0.15) is 77.2 Å². The van der Waals surface area contributed by atoms with Gasteiger partial charge in [0, 0.05) is 41.7 Å². The molecule has 0 saturated heterocycles. The lowest BCUT2D eigenvalue weighted by atomic mass is 9.87. The van der Waals surface area contributed by atoms with Gasteiger partial charge in [-0.15, -0.1) is 0 Å². The lowest BCUT2D eigenvalue weighted by molar-refractivity contribution is -0.122. The van der Waals surface area contributed by atoms with Crippen molar-refractivity contribution in [1.29, 1.82) is 0 Å². The van der Waals surface area contributed by atoms with Gasteiger partial charge < -0.3 is 20.5 Å². The predicted octanol–water partition coefficient (Wildman–Crippen LogP) is 5.15. The highest BCUT2D eigenvalue weighted by molar-refractivity contribution is 6.30. The number of pyridine rings is 1. The SMILES string of the molecule is CCC(=O)N[C@@H](Cc1cc(F)cc(Cl)c1)[C@@H](O)CN[C@H]1CC(C)(C)Oc2cnc(CC(C)(C)C)cc21. The van der Waals surface area contributed by atoms with Gasteiger partial charge in [0.05, 0.1) is 18.3 Å². The maximum atomic E-state index is 13.9. The fourth-order valence-corrected chi connectivity index (χ4v) is 4.85. The first-order valence-corrected chi connectivity index (χ1v) is 13.0. The van der Waals surface area contributed by atoms with Crippen LogP contribution in [0.3, 0.4) is 0 Å². The molecule has 8 heteroatoms. The Morgan fingerprint density at radius 2 is 2.03 bits per heavy atom. The van der Waals surface area contributed by atoms with Crippen LogP contribution >= 0.6 is 11.6 Å². The summed E-state index contributed by atoms with van der Waals surface area (Å²) in [6.07, 6.45) is 2.96. The van der Waals surface area contributed by atoms with Crippen molar-refractivity contribution in [2.75, 3.05) is 6.54 Å². The van der Waals surface area contributed by atoms with Crippen molar-refractivity contribution in [3.63, 3.8) is 0 Å². The molecule has 0 spiro atoms. The van der Waals surface area contributed by atoms with E-state index in [4.69, 9.17) is 16.3 Å². The molecule has 3 rings (SSSR count). The molecule has 0 saturated carbocycles. The molecule has 6 nitrogen and oxygen atoms in total. The van der Waals surface area contributed by atoms with Crippen LogP contribution in [-0.2, 0) is 17.6 Å². The summed E-state index contributed by atoms with van der Waals surface area (Å²) < 4.78 is 20.1. The van der Waals surface area contributed by atoms with Crippen LogP contribution in [0.25, 0.3) is 0 Å². The maximum Gasteiger partial charge on any atom is 0.220 e. The minimum Gasteiger partial charge on any atom is -0.486 e. The Morgan fingerprint density at radius 1 is 1.31 bits per heavy atom. The second-order valence-electron chi connectivity index (χ2n) is 11.6. The fourth-order valence-electron chi connectivity index (χ4n) is 4.60. The summed E-state index contributed by atoms with van der Waals surface area (Å²) in [6, 6.07) is 5.67. The highest BCUT2D eigenvalue weighted by Crippen LogP contribution is 2.40. The van der Waals surface area contributed by atoms with Crippen molar-refractivity contribution in [3.05, 3.63) is 58.1 Å². The zero-order chi connectivity index (χ0) is 26.7. The fraction of sp³-hybridized carbons (Fsp3) is 0.571. The van der Waals surface area contributed by atoms with E-state index in [9.17, 15) is 14.3 Å². The molecule has 3 N–H and O–H groups in total. The molecule has 2 aromatic rings. The third-order valence-electron chi connectivity index (χ3n) is 6.21. The summed E-state index contributed by atoms with van der Waals surface area (Å²) in [4.78, 5) is 16.8. The normalized spacial score (nSPS) is 18.6. The molecule has 1 amide bonds. The Balaban J connectivity index is 1.79. The average molecular weight is 520 g/mol. The molecular weight excluding hydrogens is 481 g/mol. The molecule has 0 unspecified atom stereocenters. The zero-order valence-corrected chi connectivity index (χ0v) is 22.9. The summed E-state index contributed by atoms with van der Waals surface area (Å²) in [5.41, 5.74) is 2.31. The number of aliphatic hydroxyl groups excluding tert-OH is 1. The Hall–Kier alpha value is -2.22. The van der Waals surface area contributed by atoms with Gasteiger partial charge in [-0.05, 0) is 61.9 Å². The number of hydrogen-bond donors (Lipinski definition) is 3. The second kappa shape index (κ2) is 11.4. The summed E-state index contributed by atoms with van der Waals surface area (Å²) in [5, 5.41) is 17.8. The molecular formula is C28H39ClFN3O3. The lowest BCUT2D eigenvalue weighted by Crippen LogP contribution is -2.50. The third kappa shape index (κ3) is 8.15. The number of amides is 1. The third-order valence-corrected chi connectivity index (χ3v) is 6.42. The maximum absolute atomic E-state index is 13.9. The molecule has 1 aromatic heterocycles. The van der Waals surface area contributed by atoms with Crippen molar-refractivity contribution in [1.82, 2.24) is 15.6 Å². The van der Waals surface area contributed by atoms with Crippen LogP contribution in [0.5, 0.6) is 5.75 Å². The van der Waals surface area contributed by atoms with Crippen LogP contribution < -0.4 is 15.4 Å². The first-order chi connectivity index (χ1) is 16.7. The van der Waals surface area contributed by atoms with Gasteiger partial charge in [0.25, 0.3) is 0 Å². The Bertz CT molecular complexity index is 1050. The number of ether oxygens (including phenoxy) is 1. The number of aromatic nitrogens is 1. The van der Waals surface area contributed by atoms with Gasteiger partial charge in [0.15, 0.2) is 0 Å². The molecule has 0 fully saturated rings. The minimum atomic E-state index is -0.909. The minimum absolute atomic E-state index is 0.0636. The molecule has 3 atom stereocenters. The first-order valence-electron chi connectivity index (χ1n) is 12.6. The number of aliphatic hydroxyl groups is 1. The van der Waals surface area contributed by atoms with Crippen LogP contribution in [0.15, 0.2) is 30.5 Å². The van der Waals surface area contributed by atoms with Gasteiger partial charge in [-0.1, -0.05) is 39.3 Å². The van der Waals surface area contributed by atoms with E-state index in [-0.39, 0.29) is 41.8 Å². The van der Waals surface area contributed by atoms with Crippen molar-refractivity contribution >= 4 is 17.5 Å². The number of nitrogens with one attached hydrogen (secondary N) is 2. The Kier molecular flexibility index (Phi) is 9.02. The molecule has 198 valence electrons. The van der Waals surface area contributed by atoms with Gasteiger partial charge in [0.1, 0.15) is 17.2 Å². The highest BCUT2D eigenvalue weighted by atomic mass is 35.5. The quantitative estimate of drug-likeness (QED) is 0.426. The molecule has 0 radical (unpaired) electrons. The lowest BCUT2D eigenvalue weighted by Gasteiger charge is -2.38. The van der Waals surface area contributed by atoms with Gasteiger partial charge in [0.2, 0.25) is 5.91 Å². The Labute approximate surface area is 219 Å². The van der Waals surface area contributed by atoms with E-state index in [0.717, 1.165) is 23.4 Å². The summed E-state index contributed by atoms with van der Waals surface area (Å²) >= 11 is 6.02. The molecule has 0 bridgehead atoms. The number of fused-ring (bicyclic) bond motifs is 1. The van der Waals surface area contributed by atoms with E-state index in [1.165, 1.54) is 12.1 Å². The molecule has 2 heterocycles. The zero-order valence-electron chi connectivity index (χ0n) is 22.1. The second-order valence-corrected chi connectivity index (χ2v) is 12.0. The largest absolute Gasteiger partial charge is 0.486 e. The van der Waals surface area contributed by atoms with Crippen LogP contribution in [0, 0.1) is 11.2 Å². The summed E-state index contributed by atoms with van der Waals surface area (Å²) in [5.74, 6) is 0.101. The number of nitrogens with zero attached hydrogens (tertiary/aromatic N) is 1.